The molecule has 0 aromatic rings. The average molecular weight is 200 g/mol. The van der Waals surface area contributed by atoms with Crippen LogP contribution in [0.3, 0.4) is 0 Å². The second-order valence-electron chi connectivity index (χ2n) is 3.55. The highest BCUT2D eigenvalue weighted by Gasteiger charge is 2.27. The number of carboxylic acid groups (broad SMARTS) is 1. The fourth-order valence-electron chi connectivity index (χ4n) is 1.72. The zero-order chi connectivity index (χ0) is 10.6. The lowest BCUT2D eigenvalue weighted by atomic mass is 10.2. The molecule has 0 aromatic heterocycles. The van der Waals surface area contributed by atoms with E-state index in [2.05, 4.69) is 10.6 Å². The second-order valence-corrected chi connectivity index (χ2v) is 3.55. The maximum absolute atomic E-state index is 11.4. The van der Waals surface area contributed by atoms with Gasteiger partial charge in [-0.05, 0) is 19.9 Å². The SMILES string of the molecule is CNC(C(=O)O)C(=O)NC1CCCC1. The van der Waals surface area contributed by atoms with Crippen molar-refractivity contribution in [1.82, 2.24) is 10.6 Å². The molecule has 0 saturated heterocycles. The van der Waals surface area contributed by atoms with Crippen LogP contribution >= 0.6 is 0 Å². The third-order valence-electron chi connectivity index (χ3n) is 2.50. The van der Waals surface area contributed by atoms with Gasteiger partial charge in [-0.25, -0.2) is 4.79 Å². The molecule has 80 valence electrons. The first-order valence-electron chi connectivity index (χ1n) is 4.85. The lowest BCUT2D eigenvalue weighted by Crippen LogP contribution is -2.50. The minimum atomic E-state index is -1.14. The summed E-state index contributed by atoms with van der Waals surface area (Å²) in [7, 11) is 1.47. The molecule has 3 N–H and O–H groups in total. The Hall–Kier alpha value is -1.10. The molecule has 0 aliphatic heterocycles. The van der Waals surface area contributed by atoms with Gasteiger partial charge in [-0.1, -0.05) is 12.8 Å². The Morgan fingerprint density at radius 2 is 1.93 bits per heavy atom. The number of carbonyl (C=O) groups is 2. The summed E-state index contributed by atoms with van der Waals surface area (Å²) in [6.07, 6.45) is 4.15. The first-order chi connectivity index (χ1) is 6.65. The molecular weight excluding hydrogens is 184 g/mol. The highest BCUT2D eigenvalue weighted by molar-refractivity contribution is 6.01. The molecule has 0 heterocycles. The van der Waals surface area contributed by atoms with Crippen LogP contribution in [0.1, 0.15) is 25.7 Å². The van der Waals surface area contributed by atoms with Gasteiger partial charge in [-0.2, -0.15) is 0 Å². The van der Waals surface area contributed by atoms with Crippen molar-refractivity contribution in [1.29, 1.82) is 0 Å². The summed E-state index contributed by atoms with van der Waals surface area (Å²) in [5.41, 5.74) is 0. The molecule has 1 fully saturated rings. The first-order valence-corrected chi connectivity index (χ1v) is 4.85. The van der Waals surface area contributed by atoms with E-state index in [1.165, 1.54) is 7.05 Å². The van der Waals surface area contributed by atoms with Crippen molar-refractivity contribution in [3.8, 4) is 0 Å². The van der Waals surface area contributed by atoms with Gasteiger partial charge in [0.1, 0.15) is 0 Å². The molecule has 1 aliphatic rings. The zero-order valence-electron chi connectivity index (χ0n) is 8.25. The molecule has 14 heavy (non-hydrogen) atoms. The zero-order valence-corrected chi connectivity index (χ0v) is 8.25. The number of hydrogen-bond acceptors (Lipinski definition) is 3. The molecule has 5 nitrogen and oxygen atoms in total. The number of hydrogen-bond donors (Lipinski definition) is 3. The standard InChI is InChI=1S/C9H16N2O3/c1-10-7(9(13)14)8(12)11-6-4-2-3-5-6/h6-7,10H,2-5H2,1H3,(H,11,12)(H,13,14). The minimum Gasteiger partial charge on any atom is -0.480 e. The summed E-state index contributed by atoms with van der Waals surface area (Å²) in [6, 6.07) is -0.965. The van der Waals surface area contributed by atoms with Crippen LogP contribution in [0.5, 0.6) is 0 Å². The first kappa shape index (κ1) is 11.0. The fraction of sp³-hybridized carbons (Fsp3) is 0.778. The predicted molar refractivity (Wildman–Crippen MR) is 50.9 cm³/mol. The molecule has 1 atom stereocenters. The van der Waals surface area contributed by atoms with E-state index in [1.807, 2.05) is 0 Å². The Bertz CT molecular complexity index is 224. The second kappa shape index (κ2) is 4.95. The van der Waals surface area contributed by atoms with Gasteiger partial charge in [0.15, 0.2) is 6.04 Å². The quantitative estimate of drug-likeness (QED) is 0.545. The molecule has 1 amide bonds. The van der Waals surface area contributed by atoms with Gasteiger partial charge in [-0.15, -0.1) is 0 Å². The molecule has 0 bridgehead atoms. The van der Waals surface area contributed by atoms with Gasteiger partial charge >= 0.3 is 5.97 Å². The molecule has 1 unspecified atom stereocenters. The number of rotatable bonds is 4. The van der Waals surface area contributed by atoms with E-state index in [4.69, 9.17) is 5.11 Å². The third kappa shape index (κ3) is 2.70. The van der Waals surface area contributed by atoms with E-state index in [0.29, 0.717) is 0 Å². The van der Waals surface area contributed by atoms with Crippen LogP contribution in [-0.2, 0) is 9.59 Å². The van der Waals surface area contributed by atoms with Gasteiger partial charge in [0.25, 0.3) is 0 Å². The number of likely N-dealkylation sites (N-methyl/N-ethyl adjacent to an activating group) is 1. The van der Waals surface area contributed by atoms with Crippen molar-refractivity contribution in [2.75, 3.05) is 7.05 Å². The summed E-state index contributed by atoms with van der Waals surface area (Å²) in [5.74, 6) is -1.57. The van der Waals surface area contributed by atoms with Gasteiger partial charge < -0.3 is 10.4 Å². The van der Waals surface area contributed by atoms with Crippen molar-refractivity contribution in [3.05, 3.63) is 0 Å². The number of nitrogens with one attached hydrogen (secondary N) is 2. The molecule has 1 rings (SSSR count). The molecule has 0 spiro atoms. The van der Waals surface area contributed by atoms with Crippen molar-refractivity contribution in [3.63, 3.8) is 0 Å². The molecule has 1 aliphatic carbocycles. The van der Waals surface area contributed by atoms with Crippen molar-refractivity contribution in [2.45, 2.75) is 37.8 Å². The Morgan fingerprint density at radius 3 is 2.36 bits per heavy atom. The summed E-state index contributed by atoms with van der Waals surface area (Å²) in [5, 5.41) is 13.9. The monoisotopic (exact) mass is 200 g/mol. The van der Waals surface area contributed by atoms with Gasteiger partial charge in [0.05, 0.1) is 0 Å². The van der Waals surface area contributed by atoms with Crippen LogP contribution in [0.2, 0.25) is 0 Å². The van der Waals surface area contributed by atoms with E-state index >= 15 is 0 Å². The topological polar surface area (TPSA) is 78.4 Å². The lowest BCUT2D eigenvalue weighted by Gasteiger charge is -2.15. The van der Waals surface area contributed by atoms with Gasteiger partial charge in [0.2, 0.25) is 5.91 Å². The molecule has 5 heteroatoms. The smallest absolute Gasteiger partial charge is 0.330 e. The molecule has 0 aromatic carbocycles. The van der Waals surface area contributed by atoms with Crippen LogP contribution in [0.4, 0.5) is 0 Å². The average Bonchev–Trinajstić information content (AvgIpc) is 2.57. The van der Waals surface area contributed by atoms with Crippen molar-refractivity contribution < 1.29 is 14.7 Å². The minimum absolute atomic E-state index is 0.165. The number of aliphatic carboxylic acids is 1. The highest BCUT2D eigenvalue weighted by Crippen LogP contribution is 2.17. The predicted octanol–water partition coefficient (Wildman–Crippen LogP) is -0.282. The van der Waals surface area contributed by atoms with E-state index in [9.17, 15) is 9.59 Å². The number of carboxylic acids is 1. The Kier molecular flexibility index (Phi) is 3.88. The van der Waals surface area contributed by atoms with E-state index in [-0.39, 0.29) is 6.04 Å². The summed E-state index contributed by atoms with van der Waals surface area (Å²) < 4.78 is 0. The maximum atomic E-state index is 11.4. The lowest BCUT2D eigenvalue weighted by molar-refractivity contribution is -0.144. The van der Waals surface area contributed by atoms with E-state index in [0.717, 1.165) is 25.7 Å². The summed E-state index contributed by atoms with van der Waals surface area (Å²) >= 11 is 0. The third-order valence-corrected chi connectivity index (χ3v) is 2.50. The van der Waals surface area contributed by atoms with Crippen LogP contribution < -0.4 is 10.6 Å². The van der Waals surface area contributed by atoms with Crippen molar-refractivity contribution in [2.24, 2.45) is 0 Å². The molecular formula is C9H16N2O3. The Morgan fingerprint density at radius 1 is 1.36 bits per heavy atom. The van der Waals surface area contributed by atoms with Crippen LogP contribution in [0.15, 0.2) is 0 Å². The number of carbonyl (C=O) groups excluding carboxylic acids is 1. The van der Waals surface area contributed by atoms with Crippen LogP contribution in [0, 0.1) is 0 Å². The van der Waals surface area contributed by atoms with Gasteiger partial charge in [-0.3, -0.25) is 10.1 Å². The number of amides is 1. The fourth-order valence-corrected chi connectivity index (χ4v) is 1.72. The Balaban J connectivity index is 2.42. The maximum Gasteiger partial charge on any atom is 0.330 e. The Labute approximate surface area is 82.9 Å². The van der Waals surface area contributed by atoms with E-state index < -0.39 is 17.9 Å². The molecule has 1 saturated carbocycles. The summed E-state index contributed by atoms with van der Waals surface area (Å²) in [4.78, 5) is 22.0. The van der Waals surface area contributed by atoms with E-state index in [1.54, 1.807) is 0 Å². The van der Waals surface area contributed by atoms with Crippen molar-refractivity contribution >= 4 is 11.9 Å². The van der Waals surface area contributed by atoms with Gasteiger partial charge in [0, 0.05) is 6.04 Å². The largest absolute Gasteiger partial charge is 0.480 e. The summed E-state index contributed by atoms with van der Waals surface area (Å²) in [6.45, 7) is 0. The molecule has 0 radical (unpaired) electrons. The highest BCUT2D eigenvalue weighted by atomic mass is 16.4. The van der Waals surface area contributed by atoms with Crippen LogP contribution in [-0.4, -0.2) is 36.1 Å². The van der Waals surface area contributed by atoms with Crippen LogP contribution in [0.25, 0.3) is 0 Å². The normalized spacial score (nSPS) is 19.2.